The van der Waals surface area contributed by atoms with E-state index in [0.29, 0.717) is 16.7 Å². The van der Waals surface area contributed by atoms with Gasteiger partial charge in [0, 0.05) is 22.0 Å². The summed E-state index contributed by atoms with van der Waals surface area (Å²) in [6.45, 7) is 3.26. The summed E-state index contributed by atoms with van der Waals surface area (Å²) in [5.74, 6) is -0.163. The van der Waals surface area contributed by atoms with Crippen molar-refractivity contribution in [1.82, 2.24) is 9.66 Å². The van der Waals surface area contributed by atoms with Gasteiger partial charge in [-0.05, 0) is 51.0 Å². The standard InChI is InChI=1S/C26H27BrN4O6/c1-3-36-26(33)16(2)37-23-18(10-7-11-22(23)31(34)35)15-28-30-24(17-8-5-4-6-9-17)29-21-13-12-19(27)14-20(21)25(30)32/h7,10-17H,3-6,8-9H2,1-2H3/t16-/m1/s1. The number of rotatable bonds is 8. The first-order valence-electron chi connectivity index (χ1n) is 12.2. The second-order valence-electron chi connectivity index (χ2n) is 8.79. The number of nitro groups is 1. The van der Waals surface area contributed by atoms with Crippen molar-refractivity contribution in [3.63, 3.8) is 0 Å². The van der Waals surface area contributed by atoms with E-state index < -0.39 is 17.0 Å². The average Bonchev–Trinajstić information content (AvgIpc) is 2.89. The molecule has 1 saturated carbocycles. The number of halogens is 1. The zero-order valence-electron chi connectivity index (χ0n) is 20.6. The number of hydrogen-bond acceptors (Lipinski definition) is 8. The Morgan fingerprint density at radius 2 is 2.05 bits per heavy atom. The van der Waals surface area contributed by atoms with Gasteiger partial charge in [-0.2, -0.15) is 9.78 Å². The molecular weight excluding hydrogens is 544 g/mol. The van der Waals surface area contributed by atoms with Crippen molar-refractivity contribution < 1.29 is 19.2 Å². The van der Waals surface area contributed by atoms with Crippen LogP contribution in [0, 0.1) is 10.1 Å². The second-order valence-corrected chi connectivity index (χ2v) is 9.71. The first kappa shape index (κ1) is 26.5. The maximum absolute atomic E-state index is 13.6. The fourth-order valence-electron chi connectivity index (χ4n) is 4.42. The van der Waals surface area contributed by atoms with E-state index in [9.17, 15) is 19.7 Å². The van der Waals surface area contributed by atoms with Crippen LogP contribution in [0.15, 0.2) is 50.8 Å². The molecule has 0 spiro atoms. The summed E-state index contributed by atoms with van der Waals surface area (Å²) >= 11 is 3.41. The molecule has 1 aliphatic rings. The third-order valence-corrected chi connectivity index (χ3v) is 6.74. The lowest BCUT2D eigenvalue weighted by molar-refractivity contribution is -0.386. The summed E-state index contributed by atoms with van der Waals surface area (Å²) in [5.41, 5.74) is 0.153. The molecular formula is C26H27BrN4O6. The van der Waals surface area contributed by atoms with Crippen molar-refractivity contribution in [2.75, 3.05) is 6.61 Å². The number of carbonyl (C=O) groups excluding carboxylic acids is 1. The van der Waals surface area contributed by atoms with Crippen molar-refractivity contribution in [2.24, 2.45) is 5.10 Å². The number of esters is 1. The molecule has 0 radical (unpaired) electrons. The topological polar surface area (TPSA) is 126 Å². The predicted octanol–water partition coefficient (Wildman–Crippen LogP) is 5.33. The van der Waals surface area contributed by atoms with E-state index in [2.05, 4.69) is 21.0 Å². The van der Waals surface area contributed by atoms with Gasteiger partial charge in [-0.1, -0.05) is 41.3 Å². The number of ether oxygens (including phenoxy) is 2. The van der Waals surface area contributed by atoms with Gasteiger partial charge in [0.2, 0.25) is 5.75 Å². The number of para-hydroxylation sites is 1. The summed E-state index contributed by atoms with van der Waals surface area (Å²) in [6, 6.07) is 9.67. The number of benzene rings is 2. The molecule has 1 heterocycles. The lowest BCUT2D eigenvalue weighted by atomic mass is 9.88. The minimum Gasteiger partial charge on any atom is -0.471 e. The summed E-state index contributed by atoms with van der Waals surface area (Å²) in [7, 11) is 0. The molecule has 2 aromatic carbocycles. The molecule has 1 fully saturated rings. The fraction of sp³-hybridized carbons (Fsp3) is 0.385. The van der Waals surface area contributed by atoms with E-state index >= 15 is 0 Å². The minimum absolute atomic E-state index is 0.0660. The second kappa shape index (κ2) is 11.6. The maximum atomic E-state index is 13.6. The normalized spacial score (nSPS) is 15.1. The van der Waals surface area contributed by atoms with Crippen LogP contribution in [-0.2, 0) is 9.53 Å². The van der Waals surface area contributed by atoms with E-state index in [4.69, 9.17) is 14.5 Å². The number of nitrogens with zero attached hydrogens (tertiary/aromatic N) is 4. The Morgan fingerprint density at radius 1 is 1.30 bits per heavy atom. The smallest absolute Gasteiger partial charge is 0.347 e. The highest BCUT2D eigenvalue weighted by Crippen LogP contribution is 2.33. The van der Waals surface area contributed by atoms with Crippen LogP contribution in [0.1, 0.15) is 63.3 Å². The van der Waals surface area contributed by atoms with Gasteiger partial charge < -0.3 is 9.47 Å². The molecule has 0 unspecified atom stereocenters. The lowest BCUT2D eigenvalue weighted by Gasteiger charge is -2.22. The molecule has 0 amide bonds. The summed E-state index contributed by atoms with van der Waals surface area (Å²) < 4.78 is 12.7. The first-order chi connectivity index (χ1) is 17.8. The van der Waals surface area contributed by atoms with Crippen molar-refractivity contribution in [1.29, 1.82) is 0 Å². The SMILES string of the molecule is CCOC(=O)[C@@H](C)Oc1c(C=Nn2c(C3CCCCC3)nc3ccc(Br)cc3c2=O)cccc1[N+](=O)[O-]. The maximum Gasteiger partial charge on any atom is 0.347 e. The van der Waals surface area contributed by atoms with Gasteiger partial charge in [0.25, 0.3) is 5.56 Å². The molecule has 4 rings (SSSR count). The van der Waals surface area contributed by atoms with Gasteiger partial charge in [-0.3, -0.25) is 14.9 Å². The van der Waals surface area contributed by atoms with E-state index in [1.165, 1.54) is 29.9 Å². The predicted molar refractivity (Wildman–Crippen MR) is 142 cm³/mol. The van der Waals surface area contributed by atoms with Gasteiger partial charge in [-0.25, -0.2) is 9.78 Å². The minimum atomic E-state index is -1.09. The van der Waals surface area contributed by atoms with Gasteiger partial charge in [0.05, 0.1) is 28.6 Å². The Hall–Kier alpha value is -3.60. The summed E-state index contributed by atoms with van der Waals surface area (Å²) in [5, 5.41) is 16.6. The Balaban J connectivity index is 1.83. The first-order valence-corrected chi connectivity index (χ1v) is 13.0. The van der Waals surface area contributed by atoms with Crippen LogP contribution >= 0.6 is 15.9 Å². The molecule has 1 aliphatic carbocycles. The van der Waals surface area contributed by atoms with Crippen molar-refractivity contribution in [3.05, 3.63) is 72.7 Å². The molecule has 194 valence electrons. The van der Waals surface area contributed by atoms with Crippen molar-refractivity contribution in [3.8, 4) is 5.75 Å². The van der Waals surface area contributed by atoms with Crippen molar-refractivity contribution in [2.45, 2.75) is 58.0 Å². The zero-order valence-corrected chi connectivity index (χ0v) is 22.1. The summed E-state index contributed by atoms with van der Waals surface area (Å²) in [6.07, 6.45) is 5.25. The Labute approximate surface area is 221 Å². The molecule has 0 N–H and O–H groups in total. The molecule has 1 aromatic heterocycles. The third kappa shape index (κ3) is 5.87. The van der Waals surface area contributed by atoms with Crippen LogP contribution in [0.4, 0.5) is 5.69 Å². The molecule has 11 heteroatoms. The third-order valence-electron chi connectivity index (χ3n) is 6.25. The Morgan fingerprint density at radius 3 is 2.76 bits per heavy atom. The molecule has 10 nitrogen and oxygen atoms in total. The molecule has 0 saturated heterocycles. The summed E-state index contributed by atoms with van der Waals surface area (Å²) in [4.78, 5) is 41.6. The van der Waals surface area contributed by atoms with Gasteiger partial charge in [-0.15, -0.1) is 0 Å². The van der Waals surface area contributed by atoms with Crippen LogP contribution in [0.2, 0.25) is 0 Å². The number of hydrogen-bond donors (Lipinski definition) is 0. The lowest BCUT2D eigenvalue weighted by Crippen LogP contribution is -2.27. The molecule has 0 aliphatic heterocycles. The average molecular weight is 571 g/mol. The zero-order chi connectivity index (χ0) is 26.5. The molecule has 0 bridgehead atoms. The van der Waals surface area contributed by atoms with Gasteiger partial charge in [0.15, 0.2) is 6.10 Å². The van der Waals surface area contributed by atoms with Gasteiger partial charge >= 0.3 is 11.7 Å². The largest absolute Gasteiger partial charge is 0.471 e. The molecule has 37 heavy (non-hydrogen) atoms. The number of aromatic nitrogens is 2. The number of nitro benzene ring substituents is 1. The quantitative estimate of drug-likeness (QED) is 0.155. The number of fused-ring (bicyclic) bond motifs is 1. The molecule has 1 atom stereocenters. The van der Waals surface area contributed by atoms with E-state index in [-0.39, 0.29) is 35.1 Å². The highest BCUT2D eigenvalue weighted by Gasteiger charge is 2.25. The Bertz CT molecular complexity index is 1410. The van der Waals surface area contributed by atoms with Crippen LogP contribution < -0.4 is 10.3 Å². The Kier molecular flexibility index (Phi) is 8.32. The number of carbonyl (C=O) groups is 1. The molecule has 3 aromatic rings. The fourth-order valence-corrected chi connectivity index (χ4v) is 4.78. The highest BCUT2D eigenvalue weighted by molar-refractivity contribution is 9.10. The van der Waals surface area contributed by atoms with E-state index in [0.717, 1.165) is 36.6 Å². The van der Waals surface area contributed by atoms with Crippen LogP contribution in [0.25, 0.3) is 10.9 Å². The van der Waals surface area contributed by atoms with Crippen molar-refractivity contribution >= 4 is 44.7 Å². The van der Waals surface area contributed by atoms with E-state index in [1.54, 1.807) is 25.1 Å². The van der Waals surface area contributed by atoms with Crippen LogP contribution in [0.3, 0.4) is 0 Å². The van der Waals surface area contributed by atoms with E-state index in [1.807, 2.05) is 6.07 Å². The van der Waals surface area contributed by atoms with Crippen LogP contribution in [0.5, 0.6) is 5.75 Å². The van der Waals surface area contributed by atoms with Crippen LogP contribution in [-0.4, -0.2) is 39.5 Å². The monoisotopic (exact) mass is 570 g/mol. The highest BCUT2D eigenvalue weighted by atomic mass is 79.9. The van der Waals surface area contributed by atoms with Gasteiger partial charge in [0.1, 0.15) is 5.82 Å².